The van der Waals surface area contributed by atoms with Gasteiger partial charge in [-0.05, 0) is 43.2 Å². The van der Waals surface area contributed by atoms with Crippen LogP contribution >= 0.6 is 11.6 Å². The van der Waals surface area contributed by atoms with Gasteiger partial charge in [-0.3, -0.25) is 9.59 Å². The molecule has 1 aromatic heterocycles. The molecule has 1 saturated carbocycles. The lowest BCUT2D eigenvalue weighted by Crippen LogP contribution is -2.25. The minimum absolute atomic E-state index is 0.138. The molecular weight excluding hydrogens is 516 g/mol. The van der Waals surface area contributed by atoms with Gasteiger partial charge in [0, 0.05) is 28.3 Å². The van der Waals surface area contributed by atoms with Crippen molar-refractivity contribution in [2.24, 2.45) is 5.10 Å². The Bertz CT molecular complexity index is 1560. The molecule has 0 spiro atoms. The molecule has 0 radical (unpaired) electrons. The first-order valence-corrected chi connectivity index (χ1v) is 13.3. The number of nitrogens with one attached hydrogen (secondary N) is 1. The van der Waals surface area contributed by atoms with Crippen LogP contribution < -0.4 is 20.3 Å². The van der Waals surface area contributed by atoms with Crippen LogP contribution in [0.1, 0.15) is 49.4 Å². The molecule has 1 heterocycles. The normalized spacial score (nSPS) is 14.0. The lowest BCUT2D eigenvalue weighted by atomic mass is 9.88. The van der Waals surface area contributed by atoms with Crippen LogP contribution in [0.4, 0.5) is 5.69 Å². The maximum absolute atomic E-state index is 13.6. The Labute approximate surface area is 231 Å². The first kappa shape index (κ1) is 26.4. The number of ether oxygens (including phenoxy) is 2. The molecule has 1 aliphatic rings. The van der Waals surface area contributed by atoms with Gasteiger partial charge in [-0.1, -0.05) is 61.2 Å². The molecule has 1 amide bonds. The third kappa shape index (κ3) is 6.12. The zero-order valence-electron chi connectivity index (χ0n) is 21.6. The van der Waals surface area contributed by atoms with E-state index in [1.54, 1.807) is 30.3 Å². The van der Waals surface area contributed by atoms with Crippen molar-refractivity contribution in [1.82, 2.24) is 9.66 Å². The highest BCUT2D eigenvalue weighted by Gasteiger charge is 2.22. The lowest BCUT2D eigenvalue weighted by Gasteiger charge is -2.22. The highest BCUT2D eigenvalue weighted by Crippen LogP contribution is 2.35. The number of methoxy groups -OCH3 is 1. The van der Waals surface area contributed by atoms with E-state index in [2.05, 4.69) is 10.4 Å². The largest absolute Gasteiger partial charge is 0.493 e. The van der Waals surface area contributed by atoms with Crippen molar-refractivity contribution >= 4 is 40.3 Å². The van der Waals surface area contributed by atoms with Gasteiger partial charge < -0.3 is 14.8 Å². The number of nitrogens with zero attached hydrogens (tertiary/aromatic N) is 3. The highest BCUT2D eigenvalue weighted by molar-refractivity contribution is 6.31. The smallest absolute Gasteiger partial charge is 0.282 e. The Kier molecular flexibility index (Phi) is 8.22. The number of carbonyl (C=O) groups is 1. The van der Waals surface area contributed by atoms with Gasteiger partial charge in [-0.25, -0.2) is 4.98 Å². The van der Waals surface area contributed by atoms with Gasteiger partial charge >= 0.3 is 0 Å². The predicted octanol–water partition coefficient (Wildman–Crippen LogP) is 6.01. The van der Waals surface area contributed by atoms with Gasteiger partial charge in [0.2, 0.25) is 0 Å². The van der Waals surface area contributed by atoms with Crippen molar-refractivity contribution in [3.8, 4) is 11.5 Å². The summed E-state index contributed by atoms with van der Waals surface area (Å²) in [7, 11) is 1.49. The second-order valence-corrected chi connectivity index (χ2v) is 9.85. The predicted molar refractivity (Wildman–Crippen MR) is 153 cm³/mol. The fraction of sp³-hybridized carbons (Fsp3) is 0.267. The number of fused-ring (bicyclic) bond motifs is 1. The first-order chi connectivity index (χ1) is 19.0. The standard InChI is InChI=1S/C30H29ClN4O4/c1-38-26-17-22(31)16-21(28(26)39-19-27(36)33-23-12-6-3-7-13-23)18-32-35-29(20-10-4-2-5-11-20)34-25-15-9-8-14-24(25)30(35)37/h3,6-9,12-18,20H,2,4-5,10-11,19H2,1H3,(H,33,36). The summed E-state index contributed by atoms with van der Waals surface area (Å²) < 4.78 is 12.8. The van der Waals surface area contributed by atoms with Crippen molar-refractivity contribution in [3.63, 3.8) is 0 Å². The molecule has 4 aromatic rings. The summed E-state index contributed by atoms with van der Waals surface area (Å²) in [6.07, 6.45) is 6.77. The maximum Gasteiger partial charge on any atom is 0.282 e. The average Bonchev–Trinajstić information content (AvgIpc) is 2.96. The van der Waals surface area contributed by atoms with Crippen LogP contribution in [-0.4, -0.2) is 35.5 Å². The molecule has 200 valence electrons. The zero-order valence-corrected chi connectivity index (χ0v) is 22.4. The van der Waals surface area contributed by atoms with Gasteiger partial charge in [0.1, 0.15) is 5.82 Å². The molecule has 1 N–H and O–H groups in total. The molecule has 3 aromatic carbocycles. The van der Waals surface area contributed by atoms with E-state index in [1.807, 2.05) is 36.4 Å². The third-order valence-corrected chi connectivity index (χ3v) is 6.95. The Hall–Kier alpha value is -4.17. The summed E-state index contributed by atoms with van der Waals surface area (Å²) in [5.74, 6) is 1.08. The summed E-state index contributed by atoms with van der Waals surface area (Å²) >= 11 is 6.36. The lowest BCUT2D eigenvalue weighted by molar-refractivity contribution is -0.118. The molecule has 1 fully saturated rings. The van der Waals surface area contributed by atoms with Crippen molar-refractivity contribution < 1.29 is 14.3 Å². The minimum atomic E-state index is -0.337. The number of para-hydroxylation sites is 2. The van der Waals surface area contributed by atoms with Crippen LogP contribution in [0, 0.1) is 0 Å². The molecule has 5 rings (SSSR count). The molecule has 8 nitrogen and oxygen atoms in total. The number of amides is 1. The molecule has 9 heteroatoms. The SMILES string of the molecule is COc1cc(Cl)cc(C=Nn2c(C3CCCCC3)nc3ccccc3c2=O)c1OCC(=O)Nc1ccccc1. The summed E-state index contributed by atoms with van der Waals surface area (Å²) in [5.41, 5.74) is 1.54. The molecule has 0 unspecified atom stereocenters. The van der Waals surface area contributed by atoms with E-state index < -0.39 is 0 Å². The fourth-order valence-corrected chi connectivity index (χ4v) is 5.06. The molecule has 0 bridgehead atoms. The Morgan fingerprint density at radius 3 is 2.62 bits per heavy atom. The monoisotopic (exact) mass is 544 g/mol. The van der Waals surface area contributed by atoms with E-state index in [-0.39, 0.29) is 29.7 Å². The first-order valence-electron chi connectivity index (χ1n) is 12.9. The molecule has 0 atom stereocenters. The number of anilines is 1. The number of hydrogen-bond acceptors (Lipinski definition) is 6. The maximum atomic E-state index is 13.6. The van der Waals surface area contributed by atoms with E-state index in [4.69, 9.17) is 26.1 Å². The van der Waals surface area contributed by atoms with Gasteiger partial charge in [0.05, 0.1) is 24.2 Å². The topological polar surface area (TPSA) is 94.8 Å². The number of halogens is 1. The van der Waals surface area contributed by atoms with Crippen LogP contribution in [-0.2, 0) is 4.79 Å². The Morgan fingerprint density at radius 1 is 1.10 bits per heavy atom. The van der Waals surface area contributed by atoms with Gasteiger partial charge in [-0.2, -0.15) is 9.78 Å². The Morgan fingerprint density at radius 2 is 1.85 bits per heavy atom. The summed E-state index contributed by atoms with van der Waals surface area (Å²) in [4.78, 5) is 31.0. The van der Waals surface area contributed by atoms with E-state index in [9.17, 15) is 9.59 Å². The fourth-order valence-electron chi connectivity index (χ4n) is 4.84. The van der Waals surface area contributed by atoms with Crippen LogP contribution in [0.3, 0.4) is 0 Å². The van der Waals surface area contributed by atoms with Crippen LogP contribution in [0.2, 0.25) is 5.02 Å². The number of hydrogen-bond donors (Lipinski definition) is 1. The van der Waals surface area contributed by atoms with Crippen molar-refractivity contribution in [2.45, 2.75) is 38.0 Å². The number of carbonyl (C=O) groups excluding carboxylic acids is 1. The summed E-state index contributed by atoms with van der Waals surface area (Å²) in [6.45, 7) is -0.265. The van der Waals surface area contributed by atoms with Gasteiger partial charge in [-0.15, -0.1) is 0 Å². The summed E-state index contributed by atoms with van der Waals surface area (Å²) in [6, 6.07) is 19.7. The second-order valence-electron chi connectivity index (χ2n) is 9.41. The number of aromatic nitrogens is 2. The van der Waals surface area contributed by atoms with Gasteiger partial charge in [0.15, 0.2) is 18.1 Å². The van der Waals surface area contributed by atoms with Gasteiger partial charge in [0.25, 0.3) is 11.5 Å². The molecule has 0 aliphatic heterocycles. The second kappa shape index (κ2) is 12.1. The quantitative estimate of drug-likeness (QED) is 0.274. The number of benzene rings is 3. The van der Waals surface area contributed by atoms with E-state index in [0.717, 1.165) is 25.7 Å². The third-order valence-electron chi connectivity index (χ3n) is 6.73. The van der Waals surface area contributed by atoms with Crippen molar-refractivity contribution in [3.05, 3.63) is 93.5 Å². The molecule has 39 heavy (non-hydrogen) atoms. The van der Waals surface area contributed by atoms with Crippen LogP contribution in [0.25, 0.3) is 10.9 Å². The molecule has 1 aliphatic carbocycles. The highest BCUT2D eigenvalue weighted by atomic mass is 35.5. The Balaban J connectivity index is 1.50. The van der Waals surface area contributed by atoms with E-state index in [1.165, 1.54) is 24.4 Å². The van der Waals surface area contributed by atoms with Crippen LogP contribution in [0.15, 0.2) is 76.6 Å². The molecular formula is C30H29ClN4O4. The van der Waals surface area contributed by atoms with Crippen LogP contribution in [0.5, 0.6) is 11.5 Å². The average molecular weight is 545 g/mol. The van der Waals surface area contributed by atoms with E-state index >= 15 is 0 Å². The zero-order chi connectivity index (χ0) is 27.2. The molecule has 0 saturated heterocycles. The van der Waals surface area contributed by atoms with E-state index in [0.29, 0.717) is 38.8 Å². The van der Waals surface area contributed by atoms with Crippen molar-refractivity contribution in [1.29, 1.82) is 0 Å². The van der Waals surface area contributed by atoms with Crippen molar-refractivity contribution in [2.75, 3.05) is 19.0 Å². The minimum Gasteiger partial charge on any atom is -0.493 e. The summed E-state index contributed by atoms with van der Waals surface area (Å²) in [5, 5.41) is 8.27. The number of rotatable bonds is 8.